The highest BCUT2D eigenvalue weighted by molar-refractivity contribution is 7.99. The molecular formula is C21H18Cl2N4OS2. The smallest absolute Gasteiger partial charge is 0.225 e. The van der Waals surface area contributed by atoms with E-state index in [1.165, 1.54) is 11.3 Å². The second kappa shape index (κ2) is 9.39. The maximum Gasteiger partial charge on any atom is 0.225 e. The number of fused-ring (bicyclic) bond motifs is 1. The van der Waals surface area contributed by atoms with Crippen LogP contribution in [0, 0.1) is 6.92 Å². The number of anilines is 1. The van der Waals surface area contributed by atoms with Crippen LogP contribution in [0.4, 0.5) is 5.82 Å². The molecule has 2 heterocycles. The zero-order valence-electron chi connectivity index (χ0n) is 16.1. The fourth-order valence-corrected chi connectivity index (χ4v) is 5.10. The van der Waals surface area contributed by atoms with Crippen LogP contribution in [0.2, 0.25) is 10.0 Å². The molecule has 30 heavy (non-hydrogen) atoms. The van der Waals surface area contributed by atoms with Crippen LogP contribution < -0.4 is 5.32 Å². The van der Waals surface area contributed by atoms with Gasteiger partial charge in [0.15, 0.2) is 0 Å². The Morgan fingerprint density at radius 3 is 2.77 bits per heavy atom. The van der Waals surface area contributed by atoms with Crippen molar-refractivity contribution in [2.75, 3.05) is 11.1 Å². The van der Waals surface area contributed by atoms with Crippen LogP contribution in [0.15, 0.2) is 53.4 Å². The third kappa shape index (κ3) is 4.98. The fraction of sp³-hybridized carbons (Fsp3) is 0.190. The van der Waals surface area contributed by atoms with Crippen molar-refractivity contribution >= 4 is 68.2 Å². The number of amides is 1. The van der Waals surface area contributed by atoms with E-state index in [9.17, 15) is 4.79 Å². The highest BCUT2D eigenvalue weighted by Crippen LogP contribution is 2.31. The summed E-state index contributed by atoms with van der Waals surface area (Å²) in [5, 5.41) is 9.45. The Labute approximate surface area is 192 Å². The van der Waals surface area contributed by atoms with Gasteiger partial charge in [-0.2, -0.15) is 9.78 Å². The van der Waals surface area contributed by atoms with Gasteiger partial charge in [-0.15, -0.1) is 11.8 Å². The normalized spacial score (nSPS) is 11.2. The Hall–Kier alpha value is -2.06. The highest BCUT2D eigenvalue weighted by Gasteiger charge is 2.15. The summed E-state index contributed by atoms with van der Waals surface area (Å²) in [5.41, 5.74) is 1.54. The van der Waals surface area contributed by atoms with Crippen LogP contribution in [0.3, 0.4) is 0 Å². The highest BCUT2D eigenvalue weighted by atomic mass is 35.5. The fourth-order valence-electron chi connectivity index (χ4n) is 2.89. The van der Waals surface area contributed by atoms with E-state index in [-0.39, 0.29) is 5.91 Å². The second-order valence-corrected chi connectivity index (χ2v) is 9.64. The van der Waals surface area contributed by atoms with Crippen molar-refractivity contribution in [3.05, 3.63) is 64.3 Å². The molecule has 0 atom stereocenters. The van der Waals surface area contributed by atoms with Crippen LogP contribution >= 0.6 is 46.3 Å². The number of hydrogen-bond donors (Lipinski definition) is 1. The molecule has 0 unspecified atom stereocenters. The van der Waals surface area contributed by atoms with Crippen molar-refractivity contribution in [3.63, 3.8) is 0 Å². The molecule has 4 aromatic rings. The summed E-state index contributed by atoms with van der Waals surface area (Å²) in [6.45, 7) is 1.88. The zero-order chi connectivity index (χ0) is 21.1. The first kappa shape index (κ1) is 21.2. The topological polar surface area (TPSA) is 59.8 Å². The minimum Gasteiger partial charge on any atom is -0.311 e. The molecule has 0 aliphatic heterocycles. The molecule has 0 aliphatic carbocycles. The Balaban J connectivity index is 1.39. The molecule has 0 aliphatic rings. The van der Waals surface area contributed by atoms with Crippen molar-refractivity contribution in [1.82, 2.24) is 14.8 Å². The van der Waals surface area contributed by atoms with Gasteiger partial charge in [-0.25, -0.2) is 4.98 Å². The SMILES string of the molecule is Cc1cc(NC(=O)CCCSc2ccc(Cl)cc2)n(-c2nc3c(Cl)cccc3s2)n1. The standard InChI is InChI=1S/C21H18Cl2N4OS2/c1-13-12-18(24-19(28)6-3-11-29-15-9-7-14(22)8-10-15)27(26-13)21-25-20-16(23)4-2-5-17(20)30-21/h2,4-5,7-10,12H,3,6,11H2,1H3,(H,24,28). The van der Waals surface area contributed by atoms with Crippen molar-refractivity contribution in [3.8, 4) is 5.13 Å². The molecule has 0 radical (unpaired) electrons. The molecule has 5 nitrogen and oxygen atoms in total. The van der Waals surface area contributed by atoms with Gasteiger partial charge in [0.25, 0.3) is 0 Å². The number of aromatic nitrogens is 3. The zero-order valence-corrected chi connectivity index (χ0v) is 19.2. The van der Waals surface area contributed by atoms with Gasteiger partial charge in [0, 0.05) is 22.4 Å². The van der Waals surface area contributed by atoms with E-state index >= 15 is 0 Å². The third-order valence-electron chi connectivity index (χ3n) is 4.27. The average Bonchev–Trinajstić information content (AvgIpc) is 3.31. The number of benzene rings is 2. The number of nitrogens with one attached hydrogen (secondary N) is 1. The maximum absolute atomic E-state index is 12.5. The minimum absolute atomic E-state index is 0.0491. The van der Waals surface area contributed by atoms with Gasteiger partial charge >= 0.3 is 0 Å². The van der Waals surface area contributed by atoms with E-state index in [1.807, 2.05) is 55.5 Å². The molecule has 0 saturated carbocycles. The molecule has 2 aromatic heterocycles. The van der Waals surface area contributed by atoms with Crippen molar-refractivity contribution in [2.24, 2.45) is 0 Å². The first-order valence-corrected chi connectivity index (χ1v) is 11.9. The van der Waals surface area contributed by atoms with Gasteiger partial charge in [0.2, 0.25) is 11.0 Å². The van der Waals surface area contributed by atoms with Crippen molar-refractivity contribution in [1.29, 1.82) is 0 Å². The quantitative estimate of drug-likeness (QED) is 0.240. The van der Waals surface area contributed by atoms with E-state index in [1.54, 1.807) is 16.4 Å². The number of aryl methyl sites for hydroxylation is 1. The van der Waals surface area contributed by atoms with E-state index in [0.29, 0.717) is 22.4 Å². The Morgan fingerprint density at radius 1 is 1.20 bits per heavy atom. The summed E-state index contributed by atoms with van der Waals surface area (Å²) in [4.78, 5) is 18.2. The number of halogens is 2. The van der Waals surface area contributed by atoms with Gasteiger partial charge in [-0.05, 0) is 55.5 Å². The third-order valence-corrected chi connectivity index (χ3v) is 6.92. The molecule has 0 bridgehead atoms. The molecule has 1 amide bonds. The largest absolute Gasteiger partial charge is 0.311 e. The minimum atomic E-state index is -0.0491. The molecule has 1 N–H and O–H groups in total. The first-order chi connectivity index (χ1) is 14.5. The second-order valence-electron chi connectivity index (χ2n) is 6.62. The van der Waals surface area contributed by atoms with Crippen LogP contribution in [-0.2, 0) is 4.79 Å². The molecule has 154 valence electrons. The van der Waals surface area contributed by atoms with Crippen molar-refractivity contribution in [2.45, 2.75) is 24.7 Å². The molecule has 0 saturated heterocycles. The molecule has 9 heteroatoms. The Morgan fingerprint density at radius 2 is 2.00 bits per heavy atom. The molecular weight excluding hydrogens is 459 g/mol. The van der Waals surface area contributed by atoms with Gasteiger partial charge in [-0.1, -0.05) is 40.6 Å². The number of nitrogens with zero attached hydrogens (tertiary/aromatic N) is 3. The number of para-hydroxylation sites is 1. The van der Waals surface area contributed by atoms with Gasteiger partial charge in [0.05, 0.1) is 15.4 Å². The summed E-state index contributed by atoms with van der Waals surface area (Å²) in [6.07, 6.45) is 1.19. The summed E-state index contributed by atoms with van der Waals surface area (Å²) >= 11 is 15.3. The molecule has 2 aromatic carbocycles. The monoisotopic (exact) mass is 476 g/mol. The summed E-state index contributed by atoms with van der Waals surface area (Å²) in [5.74, 6) is 1.41. The lowest BCUT2D eigenvalue weighted by Gasteiger charge is -2.06. The van der Waals surface area contributed by atoms with E-state index < -0.39 is 0 Å². The van der Waals surface area contributed by atoms with Crippen LogP contribution in [-0.4, -0.2) is 26.4 Å². The molecule has 0 spiro atoms. The Kier molecular flexibility index (Phi) is 6.63. The predicted octanol–water partition coefficient (Wildman–Crippen LogP) is 6.61. The van der Waals surface area contributed by atoms with Gasteiger partial charge in [-0.3, -0.25) is 4.79 Å². The van der Waals surface area contributed by atoms with Gasteiger partial charge < -0.3 is 5.32 Å². The van der Waals surface area contributed by atoms with Crippen molar-refractivity contribution < 1.29 is 4.79 Å². The van der Waals surface area contributed by atoms with Crippen LogP contribution in [0.1, 0.15) is 18.5 Å². The maximum atomic E-state index is 12.5. The van der Waals surface area contributed by atoms with Crippen LogP contribution in [0.5, 0.6) is 0 Å². The molecule has 0 fully saturated rings. The first-order valence-electron chi connectivity index (χ1n) is 9.30. The number of hydrogen-bond acceptors (Lipinski definition) is 5. The number of carbonyl (C=O) groups excluding carboxylic acids is 1. The summed E-state index contributed by atoms with van der Waals surface area (Å²) < 4.78 is 2.64. The lowest BCUT2D eigenvalue weighted by Crippen LogP contribution is -2.14. The van der Waals surface area contributed by atoms with E-state index in [4.69, 9.17) is 23.2 Å². The predicted molar refractivity (Wildman–Crippen MR) is 127 cm³/mol. The van der Waals surface area contributed by atoms with E-state index in [0.717, 1.165) is 38.0 Å². The molecule has 4 rings (SSSR count). The number of thiazole rings is 1. The summed E-state index contributed by atoms with van der Waals surface area (Å²) in [6, 6.07) is 15.2. The number of carbonyl (C=O) groups is 1. The average molecular weight is 477 g/mol. The Bertz CT molecular complexity index is 1190. The van der Waals surface area contributed by atoms with E-state index in [2.05, 4.69) is 15.4 Å². The number of thioether (sulfide) groups is 1. The van der Waals surface area contributed by atoms with Crippen LogP contribution in [0.25, 0.3) is 15.3 Å². The van der Waals surface area contributed by atoms with Gasteiger partial charge in [0.1, 0.15) is 11.3 Å². The summed E-state index contributed by atoms with van der Waals surface area (Å²) in [7, 11) is 0. The lowest BCUT2D eigenvalue weighted by molar-refractivity contribution is -0.116. The lowest BCUT2D eigenvalue weighted by atomic mass is 10.3. The number of rotatable bonds is 7.